The van der Waals surface area contributed by atoms with Gasteiger partial charge in [0.15, 0.2) is 0 Å². The first-order valence-corrected chi connectivity index (χ1v) is 7.22. The van der Waals surface area contributed by atoms with E-state index in [2.05, 4.69) is 21.2 Å². The molecule has 0 aliphatic rings. The lowest BCUT2D eigenvalue weighted by Crippen LogP contribution is -2.51. The number of hydrogen-bond acceptors (Lipinski definition) is 3. The van der Waals surface area contributed by atoms with E-state index in [1.165, 1.54) is 19.1 Å². The molecule has 1 rings (SSSR count). The second-order valence-electron chi connectivity index (χ2n) is 4.44. The normalized spacial score (nSPS) is 14.6. The molecule has 8 heteroatoms. The topological polar surface area (TPSA) is 38.3 Å². The van der Waals surface area contributed by atoms with Gasteiger partial charge in [0.1, 0.15) is 5.54 Å². The first kappa shape index (κ1) is 18.3. The van der Waals surface area contributed by atoms with Crippen LogP contribution >= 0.6 is 27.5 Å². The van der Waals surface area contributed by atoms with Gasteiger partial charge in [-0.1, -0.05) is 33.6 Å². The molecule has 0 spiro atoms. The summed E-state index contributed by atoms with van der Waals surface area (Å²) in [5.41, 5.74) is -1.47. The molecule has 1 N–H and O–H groups in total. The van der Waals surface area contributed by atoms with Crippen molar-refractivity contribution in [1.29, 1.82) is 0 Å². The highest BCUT2D eigenvalue weighted by Crippen LogP contribution is 2.32. The van der Waals surface area contributed by atoms with Crippen LogP contribution in [0.25, 0.3) is 0 Å². The summed E-state index contributed by atoms with van der Waals surface area (Å²) in [6, 6.07) is 4.57. The van der Waals surface area contributed by atoms with Gasteiger partial charge >= 0.3 is 12.1 Å². The zero-order valence-corrected chi connectivity index (χ0v) is 13.7. The first-order valence-electron chi connectivity index (χ1n) is 6.04. The molecule has 0 aliphatic heterocycles. The molecule has 0 aliphatic carbocycles. The standard InChI is InChI=1S/C13H14BrClF3NO2/c1-3-21-11(20)12(2,19-7-13(16,17)18)9-5-4-8(14)6-10(9)15/h4-6,19H,3,7H2,1-2H3. The zero-order chi connectivity index (χ0) is 16.3. The number of hydrogen-bond donors (Lipinski definition) is 1. The molecule has 0 radical (unpaired) electrons. The molecule has 1 unspecified atom stereocenters. The van der Waals surface area contributed by atoms with Crippen LogP contribution in [0, 0.1) is 0 Å². The number of esters is 1. The molecule has 0 fully saturated rings. The van der Waals surface area contributed by atoms with Gasteiger partial charge in [-0.15, -0.1) is 0 Å². The van der Waals surface area contributed by atoms with Crippen molar-refractivity contribution in [1.82, 2.24) is 5.32 Å². The molecule has 118 valence electrons. The van der Waals surface area contributed by atoms with E-state index in [0.717, 1.165) is 0 Å². The lowest BCUT2D eigenvalue weighted by molar-refractivity contribution is -0.155. The number of ether oxygens (including phenoxy) is 1. The van der Waals surface area contributed by atoms with Gasteiger partial charge in [-0.25, -0.2) is 4.79 Å². The van der Waals surface area contributed by atoms with Crippen molar-refractivity contribution < 1.29 is 22.7 Å². The summed E-state index contributed by atoms with van der Waals surface area (Å²) in [7, 11) is 0. The van der Waals surface area contributed by atoms with Crippen LogP contribution in [0.5, 0.6) is 0 Å². The number of rotatable bonds is 5. The maximum absolute atomic E-state index is 12.5. The summed E-state index contributed by atoms with van der Waals surface area (Å²) < 4.78 is 42.9. The van der Waals surface area contributed by atoms with Crippen molar-refractivity contribution in [3.63, 3.8) is 0 Å². The Labute approximate surface area is 133 Å². The Bertz CT molecular complexity index is 525. The highest BCUT2D eigenvalue weighted by molar-refractivity contribution is 9.10. The Morgan fingerprint density at radius 1 is 1.43 bits per heavy atom. The average Bonchev–Trinajstić information content (AvgIpc) is 2.35. The Morgan fingerprint density at radius 2 is 2.05 bits per heavy atom. The molecular weight excluding hydrogens is 374 g/mol. The lowest BCUT2D eigenvalue weighted by Gasteiger charge is -2.30. The Balaban J connectivity index is 3.20. The van der Waals surface area contributed by atoms with E-state index in [0.29, 0.717) is 4.47 Å². The number of carbonyl (C=O) groups excluding carboxylic acids is 1. The average molecular weight is 389 g/mol. The summed E-state index contributed by atoms with van der Waals surface area (Å²) in [6.07, 6.45) is -4.46. The SMILES string of the molecule is CCOC(=O)C(C)(NCC(F)(F)F)c1ccc(Br)cc1Cl. The largest absolute Gasteiger partial charge is 0.464 e. The first-order chi connectivity index (χ1) is 9.60. The molecule has 0 aromatic heterocycles. The van der Waals surface area contributed by atoms with Crippen molar-refractivity contribution in [3.8, 4) is 0 Å². The van der Waals surface area contributed by atoms with Crippen LogP contribution in [0.1, 0.15) is 19.4 Å². The fourth-order valence-corrected chi connectivity index (χ4v) is 2.59. The molecule has 1 aromatic carbocycles. The summed E-state index contributed by atoms with van der Waals surface area (Å²) in [4.78, 5) is 12.1. The second kappa shape index (κ2) is 6.98. The molecule has 21 heavy (non-hydrogen) atoms. The van der Waals surface area contributed by atoms with Crippen molar-refractivity contribution in [2.75, 3.05) is 13.2 Å². The van der Waals surface area contributed by atoms with E-state index in [1.807, 2.05) is 0 Å². The maximum atomic E-state index is 12.5. The highest BCUT2D eigenvalue weighted by atomic mass is 79.9. The third kappa shape index (κ3) is 4.86. The number of benzene rings is 1. The monoisotopic (exact) mass is 387 g/mol. The molecule has 0 saturated heterocycles. The predicted molar refractivity (Wildman–Crippen MR) is 77.2 cm³/mol. The van der Waals surface area contributed by atoms with Crippen LogP contribution in [-0.2, 0) is 15.1 Å². The van der Waals surface area contributed by atoms with Crippen LogP contribution in [0.4, 0.5) is 13.2 Å². The molecule has 0 bridgehead atoms. The van der Waals surface area contributed by atoms with Gasteiger partial charge in [-0.2, -0.15) is 13.2 Å². The molecular formula is C13H14BrClF3NO2. The predicted octanol–water partition coefficient (Wildman–Crippen LogP) is 4.03. The third-order valence-electron chi connectivity index (χ3n) is 2.80. The van der Waals surface area contributed by atoms with E-state index in [1.54, 1.807) is 13.0 Å². The van der Waals surface area contributed by atoms with Crippen molar-refractivity contribution >= 4 is 33.5 Å². The third-order valence-corrected chi connectivity index (χ3v) is 3.60. The second-order valence-corrected chi connectivity index (χ2v) is 5.76. The fraction of sp³-hybridized carbons (Fsp3) is 0.462. The van der Waals surface area contributed by atoms with E-state index in [9.17, 15) is 18.0 Å². The summed E-state index contributed by atoms with van der Waals surface area (Å²) >= 11 is 9.25. The Hall–Kier alpha value is -0.790. The van der Waals surface area contributed by atoms with Crippen LogP contribution in [0.3, 0.4) is 0 Å². The Kier molecular flexibility index (Phi) is 6.07. The summed E-state index contributed by atoms with van der Waals surface area (Å²) in [5, 5.41) is 2.36. The van der Waals surface area contributed by atoms with Gasteiger partial charge in [0.05, 0.1) is 13.2 Å². The fourth-order valence-electron chi connectivity index (χ4n) is 1.72. The molecule has 1 aromatic rings. The van der Waals surface area contributed by atoms with Gasteiger partial charge in [0.25, 0.3) is 0 Å². The van der Waals surface area contributed by atoms with Crippen LogP contribution in [0.2, 0.25) is 5.02 Å². The number of nitrogens with one attached hydrogen (secondary N) is 1. The molecule has 0 saturated carbocycles. The minimum atomic E-state index is -4.46. The minimum absolute atomic E-state index is 0.0519. The van der Waals surface area contributed by atoms with Gasteiger partial charge < -0.3 is 4.74 Å². The van der Waals surface area contributed by atoms with Crippen LogP contribution in [-0.4, -0.2) is 25.3 Å². The zero-order valence-electron chi connectivity index (χ0n) is 11.4. The molecule has 3 nitrogen and oxygen atoms in total. The molecule has 0 amide bonds. The van der Waals surface area contributed by atoms with Gasteiger partial charge in [-0.05, 0) is 26.0 Å². The van der Waals surface area contributed by atoms with E-state index in [-0.39, 0.29) is 17.2 Å². The van der Waals surface area contributed by atoms with Crippen molar-refractivity contribution in [2.24, 2.45) is 0 Å². The van der Waals surface area contributed by atoms with Gasteiger partial charge in [0.2, 0.25) is 0 Å². The van der Waals surface area contributed by atoms with Gasteiger partial charge in [-0.3, -0.25) is 5.32 Å². The highest BCUT2D eigenvalue weighted by Gasteiger charge is 2.41. The van der Waals surface area contributed by atoms with Gasteiger partial charge in [0, 0.05) is 15.1 Å². The van der Waals surface area contributed by atoms with E-state index >= 15 is 0 Å². The van der Waals surface area contributed by atoms with Crippen LogP contribution < -0.4 is 5.32 Å². The van der Waals surface area contributed by atoms with Crippen molar-refractivity contribution in [3.05, 3.63) is 33.3 Å². The van der Waals surface area contributed by atoms with Crippen molar-refractivity contribution in [2.45, 2.75) is 25.6 Å². The quantitative estimate of drug-likeness (QED) is 0.774. The Morgan fingerprint density at radius 3 is 2.52 bits per heavy atom. The molecule has 0 heterocycles. The summed E-state index contributed by atoms with van der Waals surface area (Å²) in [5.74, 6) is -0.821. The number of carbonyl (C=O) groups is 1. The summed E-state index contributed by atoms with van der Waals surface area (Å²) in [6.45, 7) is 1.60. The number of halogens is 5. The maximum Gasteiger partial charge on any atom is 0.401 e. The van der Waals surface area contributed by atoms with Crippen LogP contribution in [0.15, 0.2) is 22.7 Å². The minimum Gasteiger partial charge on any atom is -0.464 e. The smallest absolute Gasteiger partial charge is 0.401 e. The van der Waals surface area contributed by atoms with E-state index < -0.39 is 24.2 Å². The molecule has 1 atom stereocenters. The number of alkyl halides is 3. The van der Waals surface area contributed by atoms with E-state index in [4.69, 9.17) is 16.3 Å². The lowest BCUT2D eigenvalue weighted by atomic mass is 9.91.